The fourth-order valence-electron chi connectivity index (χ4n) is 5.48. The molecule has 8 nitrogen and oxygen atoms in total. The van der Waals surface area contributed by atoms with Crippen molar-refractivity contribution < 1.29 is 19.1 Å². The third-order valence-electron chi connectivity index (χ3n) is 8.17. The van der Waals surface area contributed by atoms with Gasteiger partial charge in [-0.05, 0) is 61.1 Å². The van der Waals surface area contributed by atoms with Gasteiger partial charge < -0.3 is 25.6 Å². The number of likely N-dealkylation sites (N-methyl/N-ethyl adjacent to an activating group) is 2. The van der Waals surface area contributed by atoms with Gasteiger partial charge in [-0.25, -0.2) is 0 Å². The Morgan fingerprint density at radius 2 is 1.61 bits per heavy atom. The normalized spacial score (nSPS) is 16.5. The van der Waals surface area contributed by atoms with E-state index in [1.165, 1.54) is 15.9 Å². The van der Waals surface area contributed by atoms with E-state index >= 15 is 0 Å². The molecule has 1 aliphatic rings. The van der Waals surface area contributed by atoms with Crippen LogP contribution in [-0.2, 0) is 32.0 Å². The van der Waals surface area contributed by atoms with E-state index in [1.54, 1.807) is 20.2 Å². The number of carbonyl (C=O) groups excluding carboxylic acids is 3. The highest BCUT2D eigenvalue weighted by Crippen LogP contribution is 2.20. The first-order valence-corrected chi connectivity index (χ1v) is 15.4. The third-order valence-corrected chi connectivity index (χ3v) is 8.17. The Hall–Kier alpha value is -4.01. The summed E-state index contributed by atoms with van der Waals surface area (Å²) < 4.78 is 5.70. The number of fused-ring (bicyclic) bond motifs is 1. The molecular weight excluding hydrogens is 552 g/mol. The molecule has 0 bridgehead atoms. The number of hydrogen-bond donors (Lipinski definition) is 2. The van der Waals surface area contributed by atoms with E-state index in [4.69, 9.17) is 10.5 Å². The van der Waals surface area contributed by atoms with Crippen molar-refractivity contribution >= 4 is 28.5 Å². The van der Waals surface area contributed by atoms with Crippen LogP contribution in [-0.4, -0.2) is 78.5 Å². The lowest BCUT2D eigenvalue weighted by Gasteiger charge is -2.34. The van der Waals surface area contributed by atoms with Crippen molar-refractivity contribution in [2.24, 2.45) is 5.73 Å². The zero-order valence-electron chi connectivity index (χ0n) is 26.4. The van der Waals surface area contributed by atoms with E-state index in [0.717, 1.165) is 34.7 Å². The molecule has 0 aliphatic carbocycles. The van der Waals surface area contributed by atoms with Crippen LogP contribution in [0.5, 0.6) is 0 Å². The highest BCUT2D eigenvalue weighted by atomic mass is 16.5. The number of nitrogens with two attached hydrogens (primary N) is 1. The maximum absolute atomic E-state index is 14.4. The number of hydrogen-bond acceptors (Lipinski definition) is 5. The molecule has 0 aromatic heterocycles. The van der Waals surface area contributed by atoms with Crippen molar-refractivity contribution in [1.82, 2.24) is 15.1 Å². The van der Waals surface area contributed by atoms with Gasteiger partial charge in [0.15, 0.2) is 0 Å². The number of benzene rings is 3. The molecule has 0 spiro atoms. The van der Waals surface area contributed by atoms with Crippen molar-refractivity contribution in [1.29, 1.82) is 0 Å². The summed E-state index contributed by atoms with van der Waals surface area (Å²) in [5.74, 6) is -0.859. The highest BCUT2D eigenvalue weighted by Gasteiger charge is 2.35. The second kappa shape index (κ2) is 15.1. The minimum Gasteiger partial charge on any atom is -0.376 e. The van der Waals surface area contributed by atoms with E-state index < -0.39 is 17.6 Å². The molecule has 1 unspecified atom stereocenters. The van der Waals surface area contributed by atoms with Crippen LogP contribution in [0.15, 0.2) is 84.9 Å². The van der Waals surface area contributed by atoms with E-state index in [-0.39, 0.29) is 23.8 Å². The molecule has 1 fully saturated rings. The van der Waals surface area contributed by atoms with Gasteiger partial charge in [-0.2, -0.15) is 0 Å². The number of amides is 3. The summed E-state index contributed by atoms with van der Waals surface area (Å²) >= 11 is 0. The Bertz CT molecular complexity index is 1440. The molecule has 3 aromatic carbocycles. The van der Waals surface area contributed by atoms with Gasteiger partial charge in [-0.3, -0.25) is 14.4 Å². The van der Waals surface area contributed by atoms with Gasteiger partial charge in [0.2, 0.25) is 17.7 Å². The predicted molar refractivity (Wildman–Crippen MR) is 175 cm³/mol. The quantitative estimate of drug-likeness (QED) is 0.286. The molecule has 3 N–H and O–H groups in total. The average molecular weight is 599 g/mol. The van der Waals surface area contributed by atoms with Crippen LogP contribution >= 0.6 is 0 Å². The van der Waals surface area contributed by atoms with E-state index in [1.807, 2.05) is 80.6 Å². The first-order chi connectivity index (χ1) is 21.0. The Morgan fingerprint density at radius 1 is 0.932 bits per heavy atom. The van der Waals surface area contributed by atoms with Gasteiger partial charge in [0, 0.05) is 45.6 Å². The number of nitrogens with zero attached hydrogens (tertiary/aromatic N) is 2. The first kappa shape index (κ1) is 32.9. The molecule has 8 heteroatoms. The molecule has 4 rings (SSSR count). The lowest BCUT2D eigenvalue weighted by atomic mass is 9.98. The standard InChI is InChI=1S/C36H46N4O4/c1-36(2,37)20-10-17-33(41)39(3)32(24-27-18-19-28-14-8-9-15-29(28)22-27)35(43)40(4)31(23-26-12-6-5-7-13-26)34(42)38-25-30-16-11-21-44-30/h5-10,12-15,17-19,22,30-32H,11,16,20-21,23-25,37H2,1-4H3,(H,38,42)/t30?,31-,32-/m1/s1. The minimum atomic E-state index is -0.839. The summed E-state index contributed by atoms with van der Waals surface area (Å²) in [5, 5.41) is 5.17. The van der Waals surface area contributed by atoms with Crippen LogP contribution < -0.4 is 11.1 Å². The monoisotopic (exact) mass is 598 g/mol. The Kier molecular flexibility index (Phi) is 11.3. The molecule has 1 heterocycles. The average Bonchev–Trinajstić information content (AvgIpc) is 3.54. The fraction of sp³-hybridized carbons (Fsp3) is 0.417. The van der Waals surface area contributed by atoms with E-state index in [9.17, 15) is 14.4 Å². The molecule has 1 saturated heterocycles. The Labute approximate surface area is 261 Å². The van der Waals surface area contributed by atoms with E-state index in [2.05, 4.69) is 11.4 Å². The molecule has 1 aliphatic heterocycles. The molecule has 0 radical (unpaired) electrons. The summed E-state index contributed by atoms with van der Waals surface area (Å²) in [5.41, 5.74) is 7.50. The van der Waals surface area contributed by atoms with Crippen LogP contribution in [0.2, 0.25) is 0 Å². The van der Waals surface area contributed by atoms with Gasteiger partial charge in [0.25, 0.3) is 0 Å². The second-order valence-electron chi connectivity index (χ2n) is 12.5. The van der Waals surface area contributed by atoms with Gasteiger partial charge >= 0.3 is 0 Å². The lowest BCUT2D eigenvalue weighted by molar-refractivity contribution is -0.146. The van der Waals surface area contributed by atoms with Crippen molar-refractivity contribution in [2.45, 2.75) is 69.7 Å². The predicted octanol–water partition coefficient (Wildman–Crippen LogP) is 4.26. The highest BCUT2D eigenvalue weighted by molar-refractivity contribution is 5.95. The van der Waals surface area contributed by atoms with Crippen LogP contribution in [0.1, 0.15) is 44.2 Å². The number of carbonyl (C=O) groups is 3. The molecule has 3 amide bonds. The SMILES string of the molecule is CN(C(=O)C=CCC(C)(C)N)[C@H](Cc1ccc2ccccc2c1)C(=O)N(C)[C@H](Cc1ccccc1)C(=O)NCC1CCCO1. The maximum Gasteiger partial charge on any atom is 0.246 e. The molecule has 234 valence electrons. The summed E-state index contributed by atoms with van der Waals surface area (Å²) in [7, 11) is 3.29. The molecule has 3 aromatic rings. The Morgan fingerprint density at radius 3 is 2.30 bits per heavy atom. The van der Waals surface area contributed by atoms with Gasteiger partial charge in [0.05, 0.1) is 6.10 Å². The van der Waals surface area contributed by atoms with Crippen molar-refractivity contribution in [3.05, 3.63) is 96.1 Å². The summed E-state index contributed by atoms with van der Waals surface area (Å²) in [6.07, 6.45) is 6.22. The zero-order valence-corrected chi connectivity index (χ0v) is 26.4. The van der Waals surface area contributed by atoms with Gasteiger partial charge in [-0.15, -0.1) is 0 Å². The molecular formula is C36H46N4O4. The largest absolute Gasteiger partial charge is 0.376 e. The third kappa shape index (κ3) is 9.24. The van der Waals surface area contributed by atoms with Gasteiger partial charge in [0.1, 0.15) is 12.1 Å². The van der Waals surface area contributed by atoms with Crippen molar-refractivity contribution in [2.75, 3.05) is 27.2 Å². The van der Waals surface area contributed by atoms with Crippen molar-refractivity contribution in [3.8, 4) is 0 Å². The molecule has 44 heavy (non-hydrogen) atoms. The molecule has 0 saturated carbocycles. The zero-order chi connectivity index (χ0) is 31.7. The maximum atomic E-state index is 14.4. The topological polar surface area (TPSA) is 105 Å². The molecule has 3 atom stereocenters. The summed E-state index contributed by atoms with van der Waals surface area (Å²) in [6.45, 7) is 4.88. The number of nitrogens with one attached hydrogen (secondary N) is 1. The van der Waals surface area contributed by atoms with Crippen LogP contribution in [0, 0.1) is 0 Å². The van der Waals surface area contributed by atoms with Crippen LogP contribution in [0.25, 0.3) is 10.8 Å². The second-order valence-corrected chi connectivity index (χ2v) is 12.5. The fourth-order valence-corrected chi connectivity index (χ4v) is 5.48. The first-order valence-electron chi connectivity index (χ1n) is 15.4. The Balaban J connectivity index is 1.61. The smallest absolute Gasteiger partial charge is 0.246 e. The summed E-state index contributed by atoms with van der Waals surface area (Å²) in [4.78, 5) is 44.4. The van der Waals surface area contributed by atoms with Gasteiger partial charge in [-0.1, -0.05) is 78.9 Å². The van der Waals surface area contributed by atoms with Crippen LogP contribution in [0.4, 0.5) is 0 Å². The summed E-state index contributed by atoms with van der Waals surface area (Å²) in [6, 6.07) is 22.1. The van der Waals surface area contributed by atoms with E-state index in [0.29, 0.717) is 32.4 Å². The number of ether oxygens (including phenoxy) is 1. The van der Waals surface area contributed by atoms with Crippen molar-refractivity contribution in [3.63, 3.8) is 0 Å². The minimum absolute atomic E-state index is 0.0213. The van der Waals surface area contributed by atoms with Crippen LogP contribution in [0.3, 0.4) is 0 Å². The number of rotatable bonds is 13. The lowest BCUT2D eigenvalue weighted by Crippen LogP contribution is -2.56.